The first-order valence-electron chi connectivity index (χ1n) is 6.36. The number of fused-ring (bicyclic) bond motifs is 1. The molecule has 6 nitrogen and oxygen atoms in total. The zero-order valence-electron chi connectivity index (χ0n) is 11.0. The summed E-state index contributed by atoms with van der Waals surface area (Å²) in [5, 5.41) is 2.97. The Kier molecular flexibility index (Phi) is 3.87. The van der Waals surface area contributed by atoms with E-state index < -0.39 is 0 Å². The van der Waals surface area contributed by atoms with Crippen molar-refractivity contribution in [3.63, 3.8) is 0 Å². The fourth-order valence-electron chi connectivity index (χ4n) is 1.89. The summed E-state index contributed by atoms with van der Waals surface area (Å²) in [7, 11) is 0. The molecule has 0 radical (unpaired) electrons. The summed E-state index contributed by atoms with van der Waals surface area (Å²) in [5.41, 5.74) is 0.205. The highest BCUT2D eigenvalue weighted by Crippen LogP contribution is 2.30. The normalized spacial score (nSPS) is 16.3. The number of hydrogen-bond donors (Lipinski definition) is 1. The van der Waals surface area contributed by atoms with Crippen LogP contribution in [0.5, 0.6) is 11.5 Å². The molecule has 108 valence electrons. The molecule has 1 aliphatic rings. The van der Waals surface area contributed by atoms with Gasteiger partial charge in [-0.3, -0.25) is 4.79 Å². The highest BCUT2D eigenvalue weighted by molar-refractivity contribution is 6.29. The van der Waals surface area contributed by atoms with Crippen molar-refractivity contribution >= 4 is 17.5 Å². The Balaban J connectivity index is 1.56. The van der Waals surface area contributed by atoms with Gasteiger partial charge in [0.2, 0.25) is 0 Å². The van der Waals surface area contributed by atoms with Gasteiger partial charge in [-0.2, -0.15) is 0 Å². The number of para-hydroxylation sites is 2. The van der Waals surface area contributed by atoms with E-state index in [1.165, 1.54) is 12.4 Å². The van der Waals surface area contributed by atoms with Gasteiger partial charge in [0.05, 0.1) is 18.9 Å². The van der Waals surface area contributed by atoms with Gasteiger partial charge in [0.15, 0.2) is 11.5 Å². The molecular weight excluding hydrogens is 294 g/mol. The van der Waals surface area contributed by atoms with Gasteiger partial charge in [-0.05, 0) is 12.1 Å². The summed E-state index contributed by atoms with van der Waals surface area (Å²) in [4.78, 5) is 19.6. The van der Waals surface area contributed by atoms with Gasteiger partial charge in [-0.1, -0.05) is 23.7 Å². The summed E-state index contributed by atoms with van der Waals surface area (Å²) < 4.78 is 11.3. The summed E-state index contributed by atoms with van der Waals surface area (Å²) in [6, 6.07) is 7.41. The van der Waals surface area contributed by atoms with Crippen molar-refractivity contribution in [1.82, 2.24) is 15.3 Å². The SMILES string of the molecule is O=C(NCC1COc2ccccc2O1)c1cnc(Cl)cn1. The lowest BCUT2D eigenvalue weighted by Gasteiger charge is -2.26. The van der Waals surface area contributed by atoms with Gasteiger partial charge in [-0.25, -0.2) is 9.97 Å². The Morgan fingerprint density at radius 1 is 1.29 bits per heavy atom. The van der Waals surface area contributed by atoms with E-state index in [1.54, 1.807) is 0 Å². The minimum absolute atomic E-state index is 0.205. The van der Waals surface area contributed by atoms with E-state index in [4.69, 9.17) is 21.1 Å². The number of benzene rings is 1. The molecule has 1 atom stereocenters. The van der Waals surface area contributed by atoms with E-state index >= 15 is 0 Å². The Bertz CT molecular complexity index is 648. The predicted molar refractivity (Wildman–Crippen MR) is 75.7 cm³/mol. The molecule has 1 aliphatic heterocycles. The minimum atomic E-state index is -0.332. The van der Waals surface area contributed by atoms with Crippen LogP contribution in [0.15, 0.2) is 36.7 Å². The summed E-state index contributed by atoms with van der Waals surface area (Å²) in [6.45, 7) is 0.695. The van der Waals surface area contributed by atoms with Crippen LogP contribution < -0.4 is 14.8 Å². The number of nitrogens with zero attached hydrogens (tertiary/aromatic N) is 2. The quantitative estimate of drug-likeness (QED) is 0.934. The lowest BCUT2D eigenvalue weighted by atomic mass is 10.2. The van der Waals surface area contributed by atoms with Crippen LogP contribution in [0, 0.1) is 0 Å². The number of carbonyl (C=O) groups excluding carboxylic acids is 1. The molecule has 0 spiro atoms. The van der Waals surface area contributed by atoms with Crippen molar-refractivity contribution in [3.05, 3.63) is 47.5 Å². The Hall–Kier alpha value is -2.34. The van der Waals surface area contributed by atoms with E-state index in [2.05, 4.69) is 15.3 Å². The van der Waals surface area contributed by atoms with Crippen LogP contribution in [0.1, 0.15) is 10.5 Å². The fraction of sp³-hybridized carbons (Fsp3) is 0.214. The third-order valence-corrected chi connectivity index (χ3v) is 3.11. The molecule has 2 aromatic rings. The topological polar surface area (TPSA) is 73.3 Å². The number of nitrogens with one attached hydrogen (secondary N) is 1. The van der Waals surface area contributed by atoms with Crippen LogP contribution in [-0.2, 0) is 0 Å². The van der Waals surface area contributed by atoms with Crippen LogP contribution in [0.25, 0.3) is 0 Å². The van der Waals surface area contributed by atoms with Crippen LogP contribution in [-0.4, -0.2) is 35.1 Å². The number of hydrogen-bond acceptors (Lipinski definition) is 5. The highest BCUT2D eigenvalue weighted by Gasteiger charge is 2.21. The molecule has 2 heterocycles. The molecule has 1 amide bonds. The molecule has 1 aromatic carbocycles. The summed E-state index contributed by atoms with van der Waals surface area (Å²) in [5.74, 6) is 1.06. The van der Waals surface area contributed by atoms with Crippen LogP contribution >= 0.6 is 11.6 Å². The second kappa shape index (κ2) is 5.97. The Morgan fingerprint density at radius 2 is 2.10 bits per heavy atom. The van der Waals surface area contributed by atoms with Gasteiger partial charge >= 0.3 is 0 Å². The molecule has 0 saturated carbocycles. The average Bonchev–Trinajstić information content (AvgIpc) is 2.53. The van der Waals surface area contributed by atoms with Crippen molar-refractivity contribution in [3.8, 4) is 11.5 Å². The standard InChI is InChI=1S/C14H12ClN3O3/c15-13-7-16-10(6-17-13)14(19)18-5-9-8-20-11-3-1-2-4-12(11)21-9/h1-4,6-7,9H,5,8H2,(H,18,19). The van der Waals surface area contributed by atoms with E-state index in [0.717, 1.165) is 0 Å². The fourth-order valence-corrected chi connectivity index (χ4v) is 1.99. The molecule has 7 heteroatoms. The van der Waals surface area contributed by atoms with Crippen LogP contribution in [0.4, 0.5) is 0 Å². The van der Waals surface area contributed by atoms with Gasteiger partial charge < -0.3 is 14.8 Å². The monoisotopic (exact) mass is 305 g/mol. The Morgan fingerprint density at radius 3 is 2.86 bits per heavy atom. The van der Waals surface area contributed by atoms with Gasteiger partial charge in [0.25, 0.3) is 5.91 Å². The number of ether oxygens (including phenoxy) is 2. The maximum Gasteiger partial charge on any atom is 0.271 e. The summed E-state index contributed by atoms with van der Waals surface area (Å²) in [6.07, 6.45) is 2.40. The second-order valence-corrected chi connectivity index (χ2v) is 4.82. The van der Waals surface area contributed by atoms with E-state index in [0.29, 0.717) is 24.7 Å². The van der Waals surface area contributed by atoms with Crippen LogP contribution in [0.3, 0.4) is 0 Å². The molecule has 1 aromatic heterocycles. The van der Waals surface area contributed by atoms with Crippen molar-refractivity contribution in [1.29, 1.82) is 0 Å². The predicted octanol–water partition coefficient (Wildman–Crippen LogP) is 1.70. The smallest absolute Gasteiger partial charge is 0.271 e. The van der Waals surface area contributed by atoms with E-state index in [9.17, 15) is 4.79 Å². The first-order valence-corrected chi connectivity index (χ1v) is 6.74. The molecule has 0 bridgehead atoms. The third-order valence-electron chi connectivity index (χ3n) is 2.91. The largest absolute Gasteiger partial charge is 0.486 e. The zero-order chi connectivity index (χ0) is 14.7. The number of amides is 1. The molecule has 21 heavy (non-hydrogen) atoms. The molecule has 0 aliphatic carbocycles. The van der Waals surface area contributed by atoms with E-state index in [1.807, 2.05) is 24.3 Å². The molecule has 3 rings (SSSR count). The number of carbonyl (C=O) groups is 1. The minimum Gasteiger partial charge on any atom is -0.486 e. The maximum atomic E-state index is 11.9. The number of halogens is 1. The zero-order valence-corrected chi connectivity index (χ0v) is 11.7. The van der Waals surface area contributed by atoms with Crippen molar-refractivity contribution < 1.29 is 14.3 Å². The molecule has 0 fully saturated rings. The maximum absolute atomic E-state index is 11.9. The first kappa shape index (κ1) is 13.6. The highest BCUT2D eigenvalue weighted by atomic mass is 35.5. The molecule has 0 saturated heterocycles. The number of aromatic nitrogens is 2. The van der Waals surface area contributed by atoms with Gasteiger partial charge in [0.1, 0.15) is 23.6 Å². The number of rotatable bonds is 3. The average molecular weight is 306 g/mol. The van der Waals surface area contributed by atoms with Gasteiger partial charge in [-0.15, -0.1) is 0 Å². The second-order valence-electron chi connectivity index (χ2n) is 4.43. The Labute approximate surface area is 126 Å². The molecule has 1 N–H and O–H groups in total. The van der Waals surface area contributed by atoms with E-state index in [-0.39, 0.29) is 22.9 Å². The van der Waals surface area contributed by atoms with Crippen LogP contribution in [0.2, 0.25) is 5.15 Å². The molecule has 1 unspecified atom stereocenters. The van der Waals surface area contributed by atoms with Crippen molar-refractivity contribution in [2.75, 3.05) is 13.2 Å². The van der Waals surface area contributed by atoms with Gasteiger partial charge in [0, 0.05) is 0 Å². The lowest BCUT2D eigenvalue weighted by Crippen LogP contribution is -2.40. The first-order chi connectivity index (χ1) is 10.2. The summed E-state index contributed by atoms with van der Waals surface area (Å²) >= 11 is 5.62. The third kappa shape index (κ3) is 3.22. The van der Waals surface area contributed by atoms with Crippen molar-refractivity contribution in [2.45, 2.75) is 6.10 Å². The molecular formula is C14H12ClN3O3. The lowest BCUT2D eigenvalue weighted by molar-refractivity contribution is 0.0786. The van der Waals surface area contributed by atoms with Crippen molar-refractivity contribution in [2.24, 2.45) is 0 Å².